The maximum atomic E-state index is 13.2. The van der Waals surface area contributed by atoms with Crippen LogP contribution >= 0.6 is 0 Å². The molecule has 0 unspecified atom stereocenters. The van der Waals surface area contributed by atoms with E-state index in [9.17, 15) is 9.50 Å². The zero-order chi connectivity index (χ0) is 20.3. The van der Waals surface area contributed by atoms with Crippen molar-refractivity contribution in [1.29, 1.82) is 0 Å². The van der Waals surface area contributed by atoms with E-state index in [4.69, 9.17) is 0 Å². The first kappa shape index (κ1) is 20.0. The van der Waals surface area contributed by atoms with Crippen LogP contribution in [0.2, 0.25) is 0 Å². The van der Waals surface area contributed by atoms with Gasteiger partial charge in [-0.1, -0.05) is 19.1 Å². The molecule has 2 N–H and O–H groups in total. The van der Waals surface area contributed by atoms with Gasteiger partial charge in [0.05, 0.1) is 19.0 Å². The maximum absolute atomic E-state index is 13.2. The summed E-state index contributed by atoms with van der Waals surface area (Å²) in [5.41, 5.74) is 2.41. The second-order valence-corrected chi connectivity index (χ2v) is 7.20. The van der Waals surface area contributed by atoms with Gasteiger partial charge in [0, 0.05) is 19.6 Å². The first-order valence-electron chi connectivity index (χ1n) is 9.50. The van der Waals surface area contributed by atoms with Crippen LogP contribution in [-0.2, 0) is 6.54 Å². The van der Waals surface area contributed by atoms with Gasteiger partial charge in [-0.2, -0.15) is 9.97 Å². The highest BCUT2D eigenvalue weighted by Gasteiger charge is 2.19. The number of rotatable bonds is 8. The van der Waals surface area contributed by atoms with Gasteiger partial charge in [-0.25, -0.2) is 9.37 Å². The molecule has 8 heteroatoms. The zero-order valence-corrected chi connectivity index (χ0v) is 16.7. The van der Waals surface area contributed by atoms with Crippen molar-refractivity contribution in [1.82, 2.24) is 19.5 Å². The maximum Gasteiger partial charge on any atom is 0.227 e. The summed E-state index contributed by atoms with van der Waals surface area (Å²) in [6.45, 7) is 6.69. The minimum absolute atomic E-state index is 0.00208. The molecule has 0 spiro atoms. The van der Waals surface area contributed by atoms with Crippen molar-refractivity contribution in [2.24, 2.45) is 0 Å². The number of hydrogen-bond acceptors (Lipinski definition) is 6. The number of nitrogens with zero attached hydrogens (tertiary/aromatic N) is 5. The quantitative estimate of drug-likeness (QED) is 0.618. The molecule has 0 radical (unpaired) electrons. The Hall–Kier alpha value is -2.74. The summed E-state index contributed by atoms with van der Waals surface area (Å²) < 4.78 is 15.2. The van der Waals surface area contributed by atoms with Crippen LogP contribution < -0.4 is 10.2 Å². The van der Waals surface area contributed by atoms with Crippen molar-refractivity contribution >= 4 is 22.9 Å². The van der Waals surface area contributed by atoms with E-state index in [1.54, 1.807) is 18.5 Å². The molecule has 0 bridgehead atoms. The molecule has 0 amide bonds. The van der Waals surface area contributed by atoms with Gasteiger partial charge >= 0.3 is 0 Å². The summed E-state index contributed by atoms with van der Waals surface area (Å²) in [5, 5.41) is 12.7. The number of hydrogen-bond donors (Lipinski definition) is 2. The molecule has 2 aromatic heterocycles. The van der Waals surface area contributed by atoms with Crippen molar-refractivity contribution in [3.63, 3.8) is 0 Å². The molecule has 150 valence electrons. The van der Waals surface area contributed by atoms with Crippen molar-refractivity contribution in [2.45, 2.75) is 45.8 Å². The highest BCUT2D eigenvalue weighted by atomic mass is 19.1. The number of imidazole rings is 1. The van der Waals surface area contributed by atoms with Crippen LogP contribution in [-0.4, -0.2) is 44.3 Å². The van der Waals surface area contributed by atoms with Crippen LogP contribution in [0, 0.1) is 5.82 Å². The predicted molar refractivity (Wildman–Crippen MR) is 109 cm³/mol. The first-order valence-corrected chi connectivity index (χ1v) is 9.50. The summed E-state index contributed by atoms with van der Waals surface area (Å²) in [6, 6.07) is 6.49. The van der Waals surface area contributed by atoms with E-state index >= 15 is 0 Å². The van der Waals surface area contributed by atoms with E-state index in [1.165, 1.54) is 12.1 Å². The lowest BCUT2D eigenvalue weighted by atomic mass is 10.2. The van der Waals surface area contributed by atoms with Gasteiger partial charge in [0.1, 0.15) is 5.82 Å². The Balaban J connectivity index is 2.01. The topological polar surface area (TPSA) is 79.1 Å². The summed E-state index contributed by atoms with van der Waals surface area (Å²) in [5.74, 6) is 0.883. The van der Waals surface area contributed by atoms with Crippen molar-refractivity contribution in [3.8, 4) is 0 Å². The summed E-state index contributed by atoms with van der Waals surface area (Å²) >= 11 is 0. The number of aromatic nitrogens is 4. The van der Waals surface area contributed by atoms with E-state index < -0.39 is 0 Å². The lowest BCUT2D eigenvalue weighted by Crippen LogP contribution is -2.25. The zero-order valence-electron chi connectivity index (χ0n) is 16.7. The Morgan fingerprint density at radius 3 is 2.54 bits per heavy atom. The number of benzene rings is 1. The standard InChI is InChI=1S/C20H27FN6O/c1-5-16(11-28)23-20-24-18(17-19(25-20)27(12-22-17)13(2)3)26(4)10-14-6-8-15(21)9-7-14/h6-9,12-13,16,28H,5,10-11H2,1-4H3,(H,23,24,25)/t16-/m0/s1. The highest BCUT2D eigenvalue weighted by molar-refractivity contribution is 5.85. The summed E-state index contributed by atoms with van der Waals surface area (Å²) in [4.78, 5) is 15.8. The fourth-order valence-electron chi connectivity index (χ4n) is 3.01. The third kappa shape index (κ3) is 4.22. The van der Waals surface area contributed by atoms with Gasteiger partial charge in [-0.3, -0.25) is 0 Å². The van der Waals surface area contributed by atoms with Crippen LogP contribution in [0.5, 0.6) is 0 Å². The smallest absolute Gasteiger partial charge is 0.227 e. The minimum atomic E-state index is -0.257. The van der Waals surface area contributed by atoms with Crippen LogP contribution in [0.3, 0.4) is 0 Å². The molecule has 0 fully saturated rings. The molecule has 28 heavy (non-hydrogen) atoms. The van der Waals surface area contributed by atoms with Crippen LogP contribution in [0.25, 0.3) is 11.2 Å². The minimum Gasteiger partial charge on any atom is -0.394 e. The molecule has 0 aliphatic heterocycles. The Morgan fingerprint density at radius 1 is 1.21 bits per heavy atom. The van der Waals surface area contributed by atoms with Crippen LogP contribution in [0.1, 0.15) is 38.8 Å². The molecule has 3 aromatic rings. The van der Waals surface area contributed by atoms with E-state index in [1.807, 2.05) is 23.4 Å². The van der Waals surface area contributed by atoms with E-state index in [2.05, 4.69) is 34.1 Å². The average molecular weight is 386 g/mol. The third-order valence-electron chi connectivity index (χ3n) is 4.70. The number of aliphatic hydroxyl groups excluding tert-OH is 1. The fourth-order valence-corrected chi connectivity index (χ4v) is 3.01. The van der Waals surface area contributed by atoms with Crippen molar-refractivity contribution < 1.29 is 9.50 Å². The number of nitrogens with one attached hydrogen (secondary N) is 1. The normalized spacial score (nSPS) is 12.5. The van der Waals surface area contributed by atoms with Crippen molar-refractivity contribution in [3.05, 3.63) is 42.0 Å². The number of fused-ring (bicyclic) bond motifs is 1. The van der Waals surface area contributed by atoms with Gasteiger partial charge in [-0.15, -0.1) is 0 Å². The molecular formula is C20H27FN6O. The SMILES string of the molecule is CC[C@@H](CO)Nc1nc(N(C)Cc2ccc(F)cc2)c2ncn(C(C)C)c2n1. The molecule has 1 aromatic carbocycles. The fraction of sp³-hybridized carbons (Fsp3) is 0.450. The highest BCUT2D eigenvalue weighted by Crippen LogP contribution is 2.27. The van der Waals surface area contributed by atoms with E-state index in [-0.39, 0.29) is 24.5 Å². The predicted octanol–water partition coefficient (Wildman–Crippen LogP) is 3.37. The molecule has 2 heterocycles. The average Bonchev–Trinajstić information content (AvgIpc) is 3.11. The van der Waals surface area contributed by atoms with Crippen LogP contribution in [0.15, 0.2) is 30.6 Å². The number of halogens is 1. The van der Waals surface area contributed by atoms with E-state index in [0.717, 1.165) is 17.6 Å². The largest absolute Gasteiger partial charge is 0.394 e. The van der Waals surface area contributed by atoms with Gasteiger partial charge in [0.2, 0.25) is 5.95 Å². The molecule has 3 rings (SSSR count). The molecule has 7 nitrogen and oxygen atoms in total. The summed E-state index contributed by atoms with van der Waals surface area (Å²) in [6.07, 6.45) is 2.52. The van der Waals surface area contributed by atoms with Gasteiger partial charge in [0.25, 0.3) is 0 Å². The molecule has 0 aliphatic rings. The first-order chi connectivity index (χ1) is 13.4. The lowest BCUT2D eigenvalue weighted by molar-refractivity contribution is 0.271. The monoisotopic (exact) mass is 386 g/mol. The van der Waals surface area contributed by atoms with Crippen LogP contribution in [0.4, 0.5) is 16.2 Å². The molecule has 0 saturated carbocycles. The Bertz CT molecular complexity index is 920. The van der Waals surface area contributed by atoms with E-state index in [0.29, 0.717) is 23.8 Å². The van der Waals surface area contributed by atoms with Gasteiger partial charge in [-0.05, 0) is 38.0 Å². The lowest BCUT2D eigenvalue weighted by Gasteiger charge is -2.21. The van der Waals surface area contributed by atoms with Gasteiger partial charge in [0.15, 0.2) is 17.0 Å². The Morgan fingerprint density at radius 2 is 1.93 bits per heavy atom. The third-order valence-corrected chi connectivity index (χ3v) is 4.70. The van der Waals surface area contributed by atoms with Crippen molar-refractivity contribution in [2.75, 3.05) is 23.9 Å². The Kier molecular flexibility index (Phi) is 6.08. The number of anilines is 2. The second-order valence-electron chi connectivity index (χ2n) is 7.20. The summed E-state index contributed by atoms with van der Waals surface area (Å²) in [7, 11) is 1.92. The second kappa shape index (κ2) is 8.52. The molecule has 1 atom stereocenters. The molecular weight excluding hydrogens is 359 g/mol. The number of aliphatic hydroxyl groups is 1. The molecule has 0 saturated heterocycles. The molecule has 0 aliphatic carbocycles. The Labute approximate surface area is 164 Å². The van der Waals surface area contributed by atoms with Gasteiger partial charge < -0.3 is 19.9 Å².